The molecule has 102 valence electrons. The molecule has 1 N–H and O–H groups in total. The highest BCUT2D eigenvalue weighted by Gasteiger charge is 2.35. The van der Waals surface area contributed by atoms with Gasteiger partial charge in [0.2, 0.25) is 0 Å². The van der Waals surface area contributed by atoms with Crippen LogP contribution < -0.4 is 5.32 Å². The molecule has 4 heteroatoms. The summed E-state index contributed by atoms with van der Waals surface area (Å²) >= 11 is 1.74. The molecule has 0 saturated carbocycles. The van der Waals surface area contributed by atoms with Gasteiger partial charge in [-0.15, -0.1) is 11.3 Å². The summed E-state index contributed by atoms with van der Waals surface area (Å²) < 4.78 is 5.63. The van der Waals surface area contributed by atoms with E-state index >= 15 is 0 Å². The number of aryl methyl sites for hydroxylation is 1. The van der Waals surface area contributed by atoms with Gasteiger partial charge in [-0.05, 0) is 32.2 Å². The quantitative estimate of drug-likeness (QED) is 0.861. The Morgan fingerprint density at radius 3 is 2.94 bits per heavy atom. The van der Waals surface area contributed by atoms with E-state index in [0.717, 1.165) is 44.2 Å². The monoisotopic (exact) mass is 268 g/mol. The van der Waals surface area contributed by atoms with E-state index in [1.165, 1.54) is 5.69 Å². The molecule has 1 unspecified atom stereocenters. The zero-order valence-electron chi connectivity index (χ0n) is 11.7. The summed E-state index contributed by atoms with van der Waals surface area (Å²) in [5, 5.41) is 6.94. The summed E-state index contributed by atoms with van der Waals surface area (Å²) in [6.45, 7) is 10.5. The SMILES string of the molecule is Cc1nc(CC2(CNCC(C)C)CCOC2)cs1. The van der Waals surface area contributed by atoms with Crippen molar-refractivity contribution in [3.63, 3.8) is 0 Å². The Morgan fingerprint density at radius 2 is 2.39 bits per heavy atom. The molecule has 1 atom stereocenters. The van der Waals surface area contributed by atoms with Gasteiger partial charge in [-0.25, -0.2) is 4.98 Å². The minimum atomic E-state index is 0.259. The Labute approximate surface area is 114 Å². The minimum absolute atomic E-state index is 0.259. The molecule has 0 aliphatic carbocycles. The average molecular weight is 268 g/mol. The van der Waals surface area contributed by atoms with Gasteiger partial charge in [0, 0.05) is 23.9 Å². The zero-order valence-corrected chi connectivity index (χ0v) is 12.5. The predicted molar refractivity (Wildman–Crippen MR) is 76.1 cm³/mol. The Bertz CT molecular complexity index is 370. The summed E-state index contributed by atoms with van der Waals surface area (Å²) in [6, 6.07) is 0. The number of aromatic nitrogens is 1. The van der Waals surface area contributed by atoms with Crippen LogP contribution in [0.25, 0.3) is 0 Å². The van der Waals surface area contributed by atoms with Crippen LogP contribution in [0.2, 0.25) is 0 Å². The lowest BCUT2D eigenvalue weighted by molar-refractivity contribution is 0.148. The first-order valence-corrected chi connectivity index (χ1v) is 7.67. The fourth-order valence-corrected chi connectivity index (χ4v) is 3.10. The van der Waals surface area contributed by atoms with E-state index in [4.69, 9.17) is 4.74 Å². The van der Waals surface area contributed by atoms with Gasteiger partial charge in [-0.3, -0.25) is 0 Å². The highest BCUT2D eigenvalue weighted by atomic mass is 32.1. The third-order valence-electron chi connectivity index (χ3n) is 3.46. The molecule has 3 nitrogen and oxygen atoms in total. The van der Waals surface area contributed by atoms with Crippen LogP contribution in [-0.4, -0.2) is 31.3 Å². The fourth-order valence-electron chi connectivity index (χ4n) is 2.49. The molecule has 1 aromatic rings. The third-order valence-corrected chi connectivity index (χ3v) is 4.28. The summed E-state index contributed by atoms with van der Waals surface area (Å²) in [7, 11) is 0. The van der Waals surface area contributed by atoms with E-state index in [1.807, 2.05) is 0 Å². The van der Waals surface area contributed by atoms with E-state index in [1.54, 1.807) is 11.3 Å². The van der Waals surface area contributed by atoms with Crippen molar-refractivity contribution in [2.45, 2.75) is 33.6 Å². The van der Waals surface area contributed by atoms with Crippen molar-refractivity contribution in [2.24, 2.45) is 11.3 Å². The predicted octanol–water partition coefficient (Wildman–Crippen LogP) is 2.65. The van der Waals surface area contributed by atoms with Crippen molar-refractivity contribution in [3.8, 4) is 0 Å². The van der Waals surface area contributed by atoms with Crippen LogP contribution in [0.4, 0.5) is 0 Å². The van der Waals surface area contributed by atoms with Gasteiger partial charge in [0.25, 0.3) is 0 Å². The van der Waals surface area contributed by atoms with E-state index in [9.17, 15) is 0 Å². The molecule has 1 aliphatic rings. The third kappa shape index (κ3) is 3.77. The van der Waals surface area contributed by atoms with Crippen molar-refractivity contribution in [1.29, 1.82) is 0 Å². The van der Waals surface area contributed by atoms with Crippen LogP contribution in [0.5, 0.6) is 0 Å². The van der Waals surface area contributed by atoms with Crippen molar-refractivity contribution >= 4 is 11.3 Å². The number of nitrogens with zero attached hydrogens (tertiary/aromatic N) is 1. The number of hydrogen-bond acceptors (Lipinski definition) is 4. The van der Waals surface area contributed by atoms with Crippen molar-refractivity contribution in [2.75, 3.05) is 26.3 Å². The lowest BCUT2D eigenvalue weighted by atomic mass is 9.82. The molecule has 0 bridgehead atoms. The number of ether oxygens (including phenoxy) is 1. The van der Waals surface area contributed by atoms with Gasteiger partial charge in [0.15, 0.2) is 0 Å². The van der Waals surface area contributed by atoms with E-state index < -0.39 is 0 Å². The average Bonchev–Trinajstić information content (AvgIpc) is 2.89. The van der Waals surface area contributed by atoms with Crippen LogP contribution >= 0.6 is 11.3 Å². The van der Waals surface area contributed by atoms with Crippen LogP contribution in [0.15, 0.2) is 5.38 Å². The van der Waals surface area contributed by atoms with Gasteiger partial charge in [-0.1, -0.05) is 13.8 Å². The minimum Gasteiger partial charge on any atom is -0.381 e. The van der Waals surface area contributed by atoms with Crippen molar-refractivity contribution in [3.05, 3.63) is 16.1 Å². The van der Waals surface area contributed by atoms with Gasteiger partial charge in [0.1, 0.15) is 0 Å². The molecule has 1 saturated heterocycles. The molecule has 1 aliphatic heterocycles. The second-order valence-electron chi connectivity index (χ2n) is 5.86. The molecule has 0 aromatic carbocycles. The maximum absolute atomic E-state index is 5.63. The topological polar surface area (TPSA) is 34.2 Å². The van der Waals surface area contributed by atoms with Crippen LogP contribution in [-0.2, 0) is 11.2 Å². The highest BCUT2D eigenvalue weighted by Crippen LogP contribution is 2.32. The van der Waals surface area contributed by atoms with Gasteiger partial charge >= 0.3 is 0 Å². The van der Waals surface area contributed by atoms with Gasteiger partial charge in [-0.2, -0.15) is 0 Å². The molecule has 1 fully saturated rings. The number of thiazole rings is 1. The Hall–Kier alpha value is -0.450. The molecule has 0 amide bonds. The molecule has 0 radical (unpaired) electrons. The Morgan fingerprint density at radius 1 is 1.56 bits per heavy atom. The second-order valence-corrected chi connectivity index (χ2v) is 6.92. The van der Waals surface area contributed by atoms with Gasteiger partial charge < -0.3 is 10.1 Å². The summed E-state index contributed by atoms with van der Waals surface area (Å²) in [5.74, 6) is 0.700. The second kappa shape index (κ2) is 6.13. The lowest BCUT2D eigenvalue weighted by Gasteiger charge is -2.27. The normalized spacial score (nSPS) is 24.0. The summed E-state index contributed by atoms with van der Waals surface area (Å²) in [4.78, 5) is 4.60. The molecule has 18 heavy (non-hydrogen) atoms. The highest BCUT2D eigenvalue weighted by molar-refractivity contribution is 7.09. The van der Waals surface area contributed by atoms with Crippen LogP contribution in [0.3, 0.4) is 0 Å². The van der Waals surface area contributed by atoms with Gasteiger partial charge in [0.05, 0.1) is 17.3 Å². The summed E-state index contributed by atoms with van der Waals surface area (Å²) in [6.07, 6.45) is 2.19. The summed E-state index contributed by atoms with van der Waals surface area (Å²) in [5.41, 5.74) is 1.49. The van der Waals surface area contributed by atoms with E-state index in [2.05, 4.69) is 36.5 Å². The Balaban J connectivity index is 1.93. The van der Waals surface area contributed by atoms with E-state index in [0.29, 0.717) is 5.92 Å². The first-order valence-electron chi connectivity index (χ1n) is 6.79. The number of nitrogens with one attached hydrogen (secondary N) is 1. The molecule has 2 rings (SSSR count). The largest absolute Gasteiger partial charge is 0.381 e. The molecule has 2 heterocycles. The molecule has 1 aromatic heterocycles. The standard InChI is InChI=1S/C14H24N2OS/c1-11(2)7-15-9-14(4-5-17-10-14)6-13-8-18-12(3)16-13/h8,11,15H,4-7,9-10H2,1-3H3. The first-order chi connectivity index (χ1) is 8.60. The molecular weight excluding hydrogens is 244 g/mol. The zero-order chi connectivity index (χ0) is 13.0. The van der Waals surface area contributed by atoms with Crippen molar-refractivity contribution < 1.29 is 4.74 Å². The fraction of sp³-hybridized carbons (Fsp3) is 0.786. The number of hydrogen-bond donors (Lipinski definition) is 1. The van der Waals surface area contributed by atoms with Crippen molar-refractivity contribution in [1.82, 2.24) is 10.3 Å². The Kier molecular flexibility index (Phi) is 4.76. The maximum atomic E-state index is 5.63. The number of rotatable bonds is 6. The van der Waals surface area contributed by atoms with E-state index in [-0.39, 0.29) is 5.41 Å². The van der Waals surface area contributed by atoms with Crippen LogP contribution in [0, 0.1) is 18.3 Å². The molecular formula is C14H24N2OS. The first kappa shape index (κ1) is 14.0. The smallest absolute Gasteiger partial charge is 0.0897 e. The van der Waals surface area contributed by atoms with Crippen LogP contribution in [0.1, 0.15) is 31.0 Å². The lowest BCUT2D eigenvalue weighted by Crippen LogP contribution is -2.38. The maximum Gasteiger partial charge on any atom is 0.0897 e. The molecule has 0 spiro atoms.